The molecule has 0 radical (unpaired) electrons. The number of aromatic nitrogens is 2. The van der Waals surface area contributed by atoms with Gasteiger partial charge in [-0.2, -0.15) is 0 Å². The fraction of sp³-hybridized carbons (Fsp3) is 0.229. The summed E-state index contributed by atoms with van der Waals surface area (Å²) in [5.74, 6) is 1.03. The molecule has 39 heavy (non-hydrogen) atoms. The van der Waals surface area contributed by atoms with Crippen molar-refractivity contribution < 1.29 is 0 Å². The van der Waals surface area contributed by atoms with Crippen molar-refractivity contribution in [1.29, 1.82) is 0 Å². The van der Waals surface area contributed by atoms with E-state index in [0.29, 0.717) is 0 Å². The van der Waals surface area contributed by atoms with Crippen LogP contribution in [0, 0.1) is 5.41 Å². The van der Waals surface area contributed by atoms with Gasteiger partial charge in [-0.05, 0) is 52.3 Å². The first-order valence-corrected chi connectivity index (χ1v) is 13.8. The highest BCUT2D eigenvalue weighted by atomic mass is 15.2. The number of imidazole rings is 1. The van der Waals surface area contributed by atoms with Crippen LogP contribution in [0.15, 0.2) is 109 Å². The molecule has 0 amide bonds. The monoisotopic (exact) mass is 509 g/mol. The average Bonchev–Trinajstić information content (AvgIpc) is 3.40. The van der Waals surface area contributed by atoms with E-state index in [0.717, 1.165) is 11.5 Å². The molecule has 2 heterocycles. The fourth-order valence-corrected chi connectivity index (χ4v) is 5.67. The summed E-state index contributed by atoms with van der Waals surface area (Å²) in [5, 5.41) is 0. The molecule has 4 heteroatoms. The summed E-state index contributed by atoms with van der Waals surface area (Å²) in [4.78, 5) is 7.80. The van der Waals surface area contributed by atoms with Crippen molar-refractivity contribution in [3.63, 3.8) is 0 Å². The lowest BCUT2D eigenvalue weighted by Gasteiger charge is -2.37. The molecule has 1 aliphatic heterocycles. The Morgan fingerprint density at radius 2 is 1.13 bits per heavy atom. The highest BCUT2D eigenvalue weighted by Crippen LogP contribution is 2.43. The maximum atomic E-state index is 5.38. The smallest absolute Gasteiger partial charge is 0.394 e. The minimum atomic E-state index is -0.114. The van der Waals surface area contributed by atoms with Crippen molar-refractivity contribution >= 4 is 18.1 Å². The molecule has 5 aromatic rings. The van der Waals surface area contributed by atoms with Gasteiger partial charge in [0, 0.05) is 22.9 Å². The SMILES string of the molecule is CN1B(c2c(-c3ccccc3)cccc2-c2ccccc2)n2cc(C(C)(C)C(C)(C)C)nc2-c2ccccc21. The summed E-state index contributed by atoms with van der Waals surface area (Å²) in [6, 6.07) is 36.9. The molecular weight excluding hydrogens is 473 g/mol. The van der Waals surface area contributed by atoms with E-state index < -0.39 is 0 Å². The normalized spacial score (nSPS) is 13.3. The standard InChI is InChI=1S/C35H36BN3/c1-34(2,3)35(4,5)31-24-39-33(37-31)29-20-13-14-23-30(29)38(6)36(39)32-27(25-16-9-7-10-17-25)21-15-22-28(32)26-18-11-8-12-19-26/h7-24H,1-6H3. The zero-order chi connectivity index (χ0) is 27.4. The first kappa shape index (κ1) is 25.2. The molecular formula is C35H36BN3. The third-order valence-corrected chi connectivity index (χ3v) is 8.94. The Morgan fingerprint density at radius 1 is 0.615 bits per heavy atom. The molecule has 6 rings (SSSR count). The van der Waals surface area contributed by atoms with E-state index >= 15 is 0 Å². The van der Waals surface area contributed by atoms with Gasteiger partial charge < -0.3 is 9.29 Å². The molecule has 194 valence electrons. The van der Waals surface area contributed by atoms with Crippen molar-refractivity contribution in [1.82, 2.24) is 9.46 Å². The quantitative estimate of drug-likeness (QED) is 0.230. The first-order chi connectivity index (χ1) is 18.7. The van der Waals surface area contributed by atoms with Crippen LogP contribution in [0.5, 0.6) is 0 Å². The van der Waals surface area contributed by atoms with Gasteiger partial charge in [0.2, 0.25) is 0 Å². The largest absolute Gasteiger partial charge is 0.417 e. The van der Waals surface area contributed by atoms with Crippen LogP contribution < -0.4 is 10.3 Å². The zero-order valence-electron chi connectivity index (χ0n) is 23.8. The van der Waals surface area contributed by atoms with Gasteiger partial charge in [0.05, 0.1) is 5.69 Å². The van der Waals surface area contributed by atoms with Crippen LogP contribution in [-0.4, -0.2) is 23.5 Å². The molecule has 0 N–H and O–H groups in total. The van der Waals surface area contributed by atoms with Gasteiger partial charge >= 0.3 is 6.98 Å². The summed E-state index contributed by atoms with van der Waals surface area (Å²) in [6.45, 7) is 11.5. The Labute approximate surface area is 233 Å². The molecule has 0 unspecified atom stereocenters. The number of fused-ring (bicyclic) bond motifs is 3. The highest BCUT2D eigenvalue weighted by Gasteiger charge is 2.42. The maximum Gasteiger partial charge on any atom is 0.417 e. The number of hydrogen-bond donors (Lipinski definition) is 0. The number of benzene rings is 4. The van der Waals surface area contributed by atoms with Gasteiger partial charge in [0.1, 0.15) is 5.82 Å². The summed E-state index contributed by atoms with van der Waals surface area (Å²) in [5.41, 5.74) is 9.63. The lowest BCUT2D eigenvalue weighted by Crippen LogP contribution is -2.55. The van der Waals surface area contributed by atoms with Gasteiger partial charge in [-0.25, -0.2) is 4.98 Å². The highest BCUT2D eigenvalue weighted by molar-refractivity contribution is 6.78. The second-order valence-corrected chi connectivity index (χ2v) is 12.2. The van der Waals surface area contributed by atoms with E-state index in [1.807, 2.05) is 0 Å². The van der Waals surface area contributed by atoms with Crippen molar-refractivity contribution in [2.45, 2.75) is 40.0 Å². The van der Waals surface area contributed by atoms with E-state index in [4.69, 9.17) is 4.98 Å². The Morgan fingerprint density at radius 3 is 1.69 bits per heavy atom. The lowest BCUT2D eigenvalue weighted by atomic mass is 9.59. The van der Waals surface area contributed by atoms with Crippen LogP contribution in [-0.2, 0) is 5.41 Å². The number of nitrogens with zero attached hydrogens (tertiary/aromatic N) is 3. The Kier molecular flexibility index (Phi) is 6.02. The van der Waals surface area contributed by atoms with Crippen molar-refractivity contribution in [2.24, 2.45) is 5.41 Å². The van der Waals surface area contributed by atoms with E-state index in [9.17, 15) is 0 Å². The second-order valence-electron chi connectivity index (χ2n) is 12.2. The Balaban J connectivity index is 1.68. The van der Waals surface area contributed by atoms with E-state index in [-0.39, 0.29) is 17.8 Å². The number of rotatable bonds is 4. The molecule has 0 saturated heterocycles. The van der Waals surface area contributed by atoms with Crippen LogP contribution in [0.1, 0.15) is 40.3 Å². The Bertz CT molecular complexity index is 1570. The maximum absolute atomic E-state index is 5.38. The summed E-state index contributed by atoms with van der Waals surface area (Å²) < 4.78 is 2.42. The summed E-state index contributed by atoms with van der Waals surface area (Å²) in [6.07, 6.45) is 2.31. The van der Waals surface area contributed by atoms with Gasteiger partial charge in [-0.15, -0.1) is 0 Å². The number of para-hydroxylation sites is 1. The van der Waals surface area contributed by atoms with E-state index in [2.05, 4.69) is 160 Å². The molecule has 0 spiro atoms. The van der Waals surface area contributed by atoms with Gasteiger partial charge in [0.25, 0.3) is 0 Å². The number of hydrogen-bond acceptors (Lipinski definition) is 2. The summed E-state index contributed by atoms with van der Waals surface area (Å²) >= 11 is 0. The lowest BCUT2D eigenvalue weighted by molar-refractivity contribution is 0.220. The predicted molar refractivity (Wildman–Crippen MR) is 167 cm³/mol. The minimum absolute atomic E-state index is 0.0512. The molecule has 0 bridgehead atoms. The van der Waals surface area contributed by atoms with Gasteiger partial charge in [-0.1, -0.05) is 126 Å². The molecule has 4 aromatic carbocycles. The van der Waals surface area contributed by atoms with E-state index in [1.54, 1.807) is 0 Å². The van der Waals surface area contributed by atoms with Crippen molar-refractivity contribution in [2.75, 3.05) is 11.9 Å². The summed E-state index contributed by atoms with van der Waals surface area (Å²) in [7, 11) is 2.22. The Hall–Kier alpha value is -4.05. The van der Waals surface area contributed by atoms with Crippen molar-refractivity contribution in [3.05, 3.63) is 115 Å². The average molecular weight is 510 g/mol. The molecule has 1 aromatic heterocycles. The topological polar surface area (TPSA) is 21.1 Å². The third-order valence-electron chi connectivity index (χ3n) is 8.94. The van der Waals surface area contributed by atoms with Gasteiger partial charge in [-0.3, -0.25) is 0 Å². The molecule has 0 fully saturated rings. The molecule has 0 saturated carbocycles. The van der Waals surface area contributed by atoms with Crippen LogP contribution in [0.4, 0.5) is 5.69 Å². The van der Waals surface area contributed by atoms with Crippen LogP contribution in [0.25, 0.3) is 33.6 Å². The number of anilines is 1. The molecule has 0 atom stereocenters. The van der Waals surface area contributed by atoms with E-state index in [1.165, 1.54) is 39.0 Å². The van der Waals surface area contributed by atoms with Crippen LogP contribution in [0.3, 0.4) is 0 Å². The second kappa shape index (κ2) is 9.30. The van der Waals surface area contributed by atoms with Crippen LogP contribution >= 0.6 is 0 Å². The van der Waals surface area contributed by atoms with Crippen molar-refractivity contribution in [3.8, 4) is 33.6 Å². The molecule has 1 aliphatic rings. The predicted octanol–water partition coefficient (Wildman–Crippen LogP) is 7.90. The molecule has 3 nitrogen and oxygen atoms in total. The van der Waals surface area contributed by atoms with Gasteiger partial charge in [0.15, 0.2) is 0 Å². The first-order valence-electron chi connectivity index (χ1n) is 13.8. The third kappa shape index (κ3) is 4.10. The fourth-order valence-electron chi connectivity index (χ4n) is 5.67. The minimum Gasteiger partial charge on any atom is -0.394 e. The molecule has 0 aliphatic carbocycles. The van der Waals surface area contributed by atoms with Crippen LogP contribution in [0.2, 0.25) is 0 Å². The zero-order valence-corrected chi connectivity index (χ0v) is 23.8.